The number of ketones is 1. The highest BCUT2D eigenvalue weighted by Gasteiger charge is 2.48. The summed E-state index contributed by atoms with van der Waals surface area (Å²) in [4.78, 5) is 25.4. The molecule has 0 aromatic heterocycles. The maximum Gasteiger partial charge on any atom is 0.237 e. The summed E-state index contributed by atoms with van der Waals surface area (Å²) >= 11 is 6.30. The monoisotopic (exact) mass is 367 g/mol. The fourth-order valence-corrected chi connectivity index (χ4v) is 3.61. The number of aliphatic hydroxyl groups excluding tert-OH is 1. The summed E-state index contributed by atoms with van der Waals surface area (Å²) in [5.74, 6) is -0.853. The van der Waals surface area contributed by atoms with Crippen LogP contribution in [0.2, 0.25) is 5.02 Å². The number of halogens is 1. The Kier molecular flexibility index (Phi) is 6.95. The number of nitrogens with one attached hydrogen (secondary N) is 1. The van der Waals surface area contributed by atoms with Gasteiger partial charge in [-0.15, -0.1) is 0 Å². The number of amides is 1. The summed E-state index contributed by atoms with van der Waals surface area (Å²) in [5, 5.41) is 13.3. The molecule has 25 heavy (non-hydrogen) atoms. The number of nitrogens with two attached hydrogens (primary N) is 2. The van der Waals surface area contributed by atoms with Crippen molar-refractivity contribution in [2.24, 2.45) is 11.5 Å². The smallest absolute Gasteiger partial charge is 0.237 e. The van der Waals surface area contributed by atoms with Gasteiger partial charge in [0.15, 0.2) is 5.78 Å². The molecule has 0 spiro atoms. The van der Waals surface area contributed by atoms with Gasteiger partial charge in [0.05, 0.1) is 6.04 Å². The van der Waals surface area contributed by atoms with Gasteiger partial charge in [0.1, 0.15) is 11.6 Å². The Bertz CT molecular complexity index is 625. The maximum absolute atomic E-state index is 12.8. The number of Topliss-reactive ketones (excluding diaryl/α,β-unsaturated/α-hetero) is 1. The minimum absolute atomic E-state index is 0.377. The molecule has 0 aliphatic heterocycles. The zero-order chi connectivity index (χ0) is 18.4. The molecule has 0 heterocycles. The third-order valence-corrected chi connectivity index (χ3v) is 5.06. The molecule has 1 fully saturated rings. The molecule has 1 aliphatic carbocycles. The first-order chi connectivity index (χ1) is 11.9. The number of rotatable bonds is 7. The van der Waals surface area contributed by atoms with Crippen LogP contribution < -0.4 is 16.8 Å². The summed E-state index contributed by atoms with van der Waals surface area (Å²) in [6, 6.07) is 6.14. The molecular formula is C18H26ClN3O3. The van der Waals surface area contributed by atoms with Gasteiger partial charge in [0.25, 0.3) is 0 Å². The van der Waals surface area contributed by atoms with E-state index in [1.807, 2.05) is 0 Å². The molecule has 1 amide bonds. The Hall–Kier alpha value is -1.47. The predicted octanol–water partition coefficient (Wildman–Crippen LogP) is 1.22. The van der Waals surface area contributed by atoms with Crippen LogP contribution in [0, 0.1) is 0 Å². The number of aliphatic hydroxyl groups is 1. The van der Waals surface area contributed by atoms with Crippen LogP contribution in [0.1, 0.15) is 44.1 Å². The lowest BCUT2D eigenvalue weighted by atomic mass is 9.74. The number of benzene rings is 1. The first kappa shape index (κ1) is 19.8. The average molecular weight is 368 g/mol. The van der Waals surface area contributed by atoms with Gasteiger partial charge in [-0.25, -0.2) is 0 Å². The van der Waals surface area contributed by atoms with Crippen LogP contribution >= 0.6 is 11.6 Å². The highest BCUT2D eigenvalue weighted by atomic mass is 35.5. The quantitative estimate of drug-likeness (QED) is 0.540. The number of hydrogen-bond donors (Lipinski definition) is 4. The minimum Gasteiger partial charge on any atom is -0.385 e. The average Bonchev–Trinajstić information content (AvgIpc) is 2.59. The zero-order valence-corrected chi connectivity index (χ0v) is 15.0. The summed E-state index contributed by atoms with van der Waals surface area (Å²) in [5.41, 5.74) is 10.6. The second-order valence-corrected chi connectivity index (χ2v) is 6.94. The van der Waals surface area contributed by atoms with E-state index in [1.54, 1.807) is 24.3 Å². The van der Waals surface area contributed by atoms with Crippen molar-refractivity contribution >= 4 is 23.3 Å². The number of carbonyl (C=O) groups is 2. The van der Waals surface area contributed by atoms with Gasteiger partial charge < -0.3 is 21.9 Å². The normalized spacial score (nSPS) is 24.8. The lowest BCUT2D eigenvalue weighted by molar-refractivity contribution is -0.142. The van der Waals surface area contributed by atoms with Crippen LogP contribution in [-0.4, -0.2) is 35.5 Å². The van der Waals surface area contributed by atoms with Crippen molar-refractivity contribution in [1.29, 1.82) is 0 Å². The molecule has 0 radical (unpaired) electrons. The van der Waals surface area contributed by atoms with E-state index < -0.39 is 29.4 Å². The molecule has 138 valence electrons. The van der Waals surface area contributed by atoms with E-state index in [1.165, 1.54) is 0 Å². The van der Waals surface area contributed by atoms with E-state index in [9.17, 15) is 14.7 Å². The third kappa shape index (κ3) is 4.39. The van der Waals surface area contributed by atoms with Crippen LogP contribution in [0.15, 0.2) is 24.3 Å². The van der Waals surface area contributed by atoms with Crippen LogP contribution in [0.4, 0.5) is 0 Å². The first-order valence-corrected chi connectivity index (χ1v) is 9.05. The van der Waals surface area contributed by atoms with Crippen molar-refractivity contribution < 1.29 is 14.7 Å². The summed E-state index contributed by atoms with van der Waals surface area (Å²) < 4.78 is 0. The Labute approximate surface area is 152 Å². The molecular weight excluding hydrogens is 342 g/mol. The van der Waals surface area contributed by atoms with Crippen molar-refractivity contribution in [3.63, 3.8) is 0 Å². The Morgan fingerprint density at radius 2 is 2.12 bits per heavy atom. The summed E-state index contributed by atoms with van der Waals surface area (Å²) in [6.45, 7) is 0.544. The van der Waals surface area contributed by atoms with Crippen LogP contribution in [0.25, 0.3) is 0 Å². The molecule has 0 bridgehead atoms. The van der Waals surface area contributed by atoms with Gasteiger partial charge in [-0.2, -0.15) is 0 Å². The second kappa shape index (κ2) is 8.76. The van der Waals surface area contributed by atoms with Crippen LogP contribution in [0.5, 0.6) is 0 Å². The van der Waals surface area contributed by atoms with Crippen LogP contribution in [-0.2, 0) is 15.1 Å². The SMILES string of the molecule is NCCCCC(N)C(=O)N[C@]1(c2ccccc2Cl)CCC[C@H](O)C1=O. The van der Waals surface area contributed by atoms with E-state index in [-0.39, 0.29) is 0 Å². The Morgan fingerprint density at radius 1 is 1.40 bits per heavy atom. The van der Waals surface area contributed by atoms with E-state index in [0.29, 0.717) is 42.8 Å². The maximum atomic E-state index is 12.8. The van der Waals surface area contributed by atoms with Gasteiger partial charge in [-0.3, -0.25) is 9.59 Å². The minimum atomic E-state index is -1.33. The van der Waals surface area contributed by atoms with Gasteiger partial charge in [-0.05, 0) is 44.7 Å². The molecule has 6 N–H and O–H groups in total. The molecule has 1 saturated carbocycles. The topological polar surface area (TPSA) is 118 Å². The predicted molar refractivity (Wildman–Crippen MR) is 97.0 cm³/mol. The van der Waals surface area contributed by atoms with Crippen molar-refractivity contribution in [2.75, 3.05) is 6.54 Å². The van der Waals surface area contributed by atoms with Gasteiger partial charge in [-0.1, -0.05) is 36.2 Å². The Balaban J connectivity index is 2.29. The van der Waals surface area contributed by atoms with Gasteiger partial charge in [0, 0.05) is 10.6 Å². The van der Waals surface area contributed by atoms with E-state index >= 15 is 0 Å². The number of unbranched alkanes of at least 4 members (excludes halogenated alkanes) is 1. The lowest BCUT2D eigenvalue weighted by Gasteiger charge is -2.40. The number of hydrogen-bond acceptors (Lipinski definition) is 5. The standard InChI is InChI=1S/C18H26ClN3O3/c19-13-7-2-1-6-12(13)18(10-5-9-15(23)16(18)24)22-17(25)14(21)8-3-4-11-20/h1-2,6-7,14-15,23H,3-5,8-11,20-21H2,(H,22,25)/t14?,15-,18-/m0/s1. The van der Waals surface area contributed by atoms with Crippen molar-refractivity contribution in [3.8, 4) is 0 Å². The van der Waals surface area contributed by atoms with Crippen molar-refractivity contribution in [3.05, 3.63) is 34.9 Å². The highest BCUT2D eigenvalue weighted by Crippen LogP contribution is 2.38. The Morgan fingerprint density at radius 3 is 2.80 bits per heavy atom. The molecule has 1 unspecified atom stereocenters. The third-order valence-electron chi connectivity index (χ3n) is 4.73. The van der Waals surface area contributed by atoms with Crippen molar-refractivity contribution in [1.82, 2.24) is 5.32 Å². The van der Waals surface area contributed by atoms with Gasteiger partial charge in [0.2, 0.25) is 5.91 Å². The zero-order valence-electron chi connectivity index (χ0n) is 14.2. The molecule has 0 saturated heterocycles. The van der Waals surface area contributed by atoms with E-state index in [0.717, 1.165) is 12.8 Å². The summed E-state index contributed by atoms with van der Waals surface area (Å²) in [6.07, 6.45) is 2.24. The van der Waals surface area contributed by atoms with E-state index in [4.69, 9.17) is 23.1 Å². The molecule has 1 aromatic rings. The van der Waals surface area contributed by atoms with Gasteiger partial charge >= 0.3 is 0 Å². The largest absolute Gasteiger partial charge is 0.385 e. The fourth-order valence-electron chi connectivity index (χ4n) is 3.31. The van der Waals surface area contributed by atoms with Crippen LogP contribution in [0.3, 0.4) is 0 Å². The molecule has 7 heteroatoms. The second-order valence-electron chi connectivity index (χ2n) is 6.54. The van der Waals surface area contributed by atoms with E-state index in [2.05, 4.69) is 5.32 Å². The fraction of sp³-hybridized carbons (Fsp3) is 0.556. The molecule has 1 aromatic carbocycles. The number of carbonyl (C=O) groups excluding carboxylic acids is 2. The summed E-state index contributed by atoms with van der Waals surface area (Å²) in [7, 11) is 0. The molecule has 3 atom stereocenters. The lowest BCUT2D eigenvalue weighted by Crippen LogP contribution is -2.60. The highest BCUT2D eigenvalue weighted by molar-refractivity contribution is 6.31. The van der Waals surface area contributed by atoms with Crippen molar-refractivity contribution in [2.45, 2.75) is 56.2 Å². The molecule has 2 rings (SSSR count). The molecule has 1 aliphatic rings. The molecule has 6 nitrogen and oxygen atoms in total. The first-order valence-electron chi connectivity index (χ1n) is 8.67.